The Morgan fingerprint density at radius 1 is 1.29 bits per heavy atom. The van der Waals surface area contributed by atoms with Gasteiger partial charge in [0.05, 0.1) is 4.34 Å². The molecule has 0 aliphatic rings. The lowest BCUT2D eigenvalue weighted by atomic mass is 10.3. The monoisotopic (exact) mass is 246 g/mol. The summed E-state index contributed by atoms with van der Waals surface area (Å²) in [4.78, 5) is 1.01. The highest BCUT2D eigenvalue weighted by Gasteiger charge is 2.16. The summed E-state index contributed by atoms with van der Waals surface area (Å²) in [5.41, 5.74) is 0. The van der Waals surface area contributed by atoms with Crippen molar-refractivity contribution >= 4 is 34.5 Å². The van der Waals surface area contributed by atoms with E-state index < -0.39 is 0 Å². The molecule has 0 N–H and O–H groups in total. The van der Waals surface area contributed by atoms with Gasteiger partial charge in [-0.2, -0.15) is 0 Å². The molecule has 1 atom stereocenters. The van der Waals surface area contributed by atoms with E-state index in [0.717, 1.165) is 20.7 Å². The minimum Gasteiger partial charge on any atom is -0.464 e. The Balaban J connectivity index is 2.28. The summed E-state index contributed by atoms with van der Waals surface area (Å²) < 4.78 is 6.18. The van der Waals surface area contributed by atoms with Crippen LogP contribution in [0.2, 0.25) is 4.34 Å². The summed E-state index contributed by atoms with van der Waals surface area (Å²) in [6, 6.07) is 7.55. The average Bonchev–Trinajstić information content (AvgIpc) is 2.73. The number of aryl methyl sites for hydroxylation is 1. The van der Waals surface area contributed by atoms with Gasteiger partial charge in [-0.05, 0) is 31.2 Å². The summed E-state index contributed by atoms with van der Waals surface area (Å²) in [6.45, 7) is 1.90. The first-order chi connectivity index (χ1) is 6.66. The van der Waals surface area contributed by atoms with E-state index in [2.05, 4.69) is 0 Å². The van der Waals surface area contributed by atoms with Gasteiger partial charge in [0, 0.05) is 4.88 Å². The highest BCUT2D eigenvalue weighted by molar-refractivity contribution is 7.16. The molecule has 0 amide bonds. The second-order valence-corrected chi connectivity index (χ2v) is 5.14. The van der Waals surface area contributed by atoms with Gasteiger partial charge in [-0.15, -0.1) is 22.9 Å². The molecule has 1 nitrogen and oxygen atoms in total. The lowest BCUT2D eigenvalue weighted by Gasteiger charge is -2.02. The van der Waals surface area contributed by atoms with Crippen LogP contribution in [0.15, 0.2) is 28.7 Å². The van der Waals surface area contributed by atoms with Crippen molar-refractivity contribution in [1.82, 2.24) is 0 Å². The lowest BCUT2D eigenvalue weighted by Crippen LogP contribution is -1.85. The van der Waals surface area contributed by atoms with Gasteiger partial charge in [-0.1, -0.05) is 11.6 Å². The molecule has 0 saturated heterocycles. The fourth-order valence-corrected chi connectivity index (χ4v) is 2.57. The van der Waals surface area contributed by atoms with Crippen molar-refractivity contribution in [2.24, 2.45) is 0 Å². The first kappa shape index (κ1) is 10.1. The van der Waals surface area contributed by atoms with E-state index in [-0.39, 0.29) is 5.38 Å². The largest absolute Gasteiger partial charge is 0.464 e. The second kappa shape index (κ2) is 3.97. The molecule has 2 aromatic rings. The Labute approximate surface area is 96.3 Å². The van der Waals surface area contributed by atoms with Gasteiger partial charge >= 0.3 is 0 Å². The number of hydrogen-bond acceptors (Lipinski definition) is 2. The smallest absolute Gasteiger partial charge is 0.127 e. The predicted octanol–water partition coefficient (Wildman–Crippen LogP) is 4.63. The molecule has 0 radical (unpaired) electrons. The van der Waals surface area contributed by atoms with Gasteiger partial charge in [0.25, 0.3) is 0 Å². The van der Waals surface area contributed by atoms with Crippen molar-refractivity contribution in [3.63, 3.8) is 0 Å². The molecule has 0 saturated carbocycles. The van der Waals surface area contributed by atoms with E-state index in [1.807, 2.05) is 31.2 Å². The number of alkyl halides is 1. The average molecular weight is 247 g/mol. The maximum Gasteiger partial charge on any atom is 0.127 e. The maximum absolute atomic E-state index is 6.22. The molecule has 2 heterocycles. The van der Waals surface area contributed by atoms with Crippen LogP contribution in [0.4, 0.5) is 0 Å². The van der Waals surface area contributed by atoms with Crippen LogP contribution in [0.25, 0.3) is 0 Å². The molecule has 0 fully saturated rings. The molecule has 0 aliphatic carbocycles. The Morgan fingerprint density at radius 3 is 2.57 bits per heavy atom. The zero-order valence-corrected chi connectivity index (χ0v) is 9.79. The summed E-state index contributed by atoms with van der Waals surface area (Å²) in [5, 5.41) is -0.235. The van der Waals surface area contributed by atoms with Crippen molar-refractivity contribution in [2.45, 2.75) is 12.3 Å². The van der Waals surface area contributed by atoms with Crippen molar-refractivity contribution in [3.8, 4) is 0 Å². The van der Waals surface area contributed by atoms with E-state index in [1.54, 1.807) is 0 Å². The van der Waals surface area contributed by atoms with E-state index in [4.69, 9.17) is 27.6 Å². The van der Waals surface area contributed by atoms with Gasteiger partial charge in [0.1, 0.15) is 16.9 Å². The molecule has 74 valence electrons. The fraction of sp³-hybridized carbons (Fsp3) is 0.200. The third-order valence-electron chi connectivity index (χ3n) is 1.85. The number of thiophene rings is 1. The molecule has 2 aromatic heterocycles. The quantitative estimate of drug-likeness (QED) is 0.705. The standard InChI is InChI=1S/C10H8Cl2OS/c1-6-2-3-7(13-6)10(12)8-4-5-9(11)14-8/h2-5,10H,1H3. The van der Waals surface area contributed by atoms with Crippen LogP contribution >= 0.6 is 34.5 Å². The number of halogens is 2. The Bertz CT molecular complexity index is 393. The summed E-state index contributed by atoms with van der Waals surface area (Å²) >= 11 is 13.5. The number of hydrogen-bond donors (Lipinski definition) is 0. The van der Waals surface area contributed by atoms with Crippen LogP contribution in [0.3, 0.4) is 0 Å². The van der Waals surface area contributed by atoms with Crippen LogP contribution < -0.4 is 0 Å². The number of rotatable bonds is 2. The zero-order chi connectivity index (χ0) is 10.1. The summed E-state index contributed by atoms with van der Waals surface area (Å²) in [5.74, 6) is 1.64. The van der Waals surface area contributed by atoms with Gasteiger partial charge < -0.3 is 4.42 Å². The molecule has 14 heavy (non-hydrogen) atoms. The highest BCUT2D eigenvalue weighted by atomic mass is 35.5. The molecule has 2 rings (SSSR count). The van der Waals surface area contributed by atoms with Crippen LogP contribution in [0.5, 0.6) is 0 Å². The van der Waals surface area contributed by atoms with Crippen molar-refractivity contribution in [2.75, 3.05) is 0 Å². The van der Waals surface area contributed by atoms with Crippen LogP contribution in [0, 0.1) is 6.92 Å². The van der Waals surface area contributed by atoms with E-state index in [0.29, 0.717) is 0 Å². The first-order valence-electron chi connectivity index (χ1n) is 4.12. The maximum atomic E-state index is 6.22. The molecule has 0 spiro atoms. The van der Waals surface area contributed by atoms with Gasteiger partial charge in [0.2, 0.25) is 0 Å². The second-order valence-electron chi connectivity index (χ2n) is 2.95. The molecule has 4 heteroatoms. The summed E-state index contributed by atoms with van der Waals surface area (Å²) in [6.07, 6.45) is 0. The van der Waals surface area contributed by atoms with Crippen molar-refractivity contribution in [3.05, 3.63) is 45.0 Å². The third kappa shape index (κ3) is 1.97. The molecular formula is C10H8Cl2OS. The van der Waals surface area contributed by atoms with Gasteiger partial charge in [0.15, 0.2) is 0 Å². The molecule has 1 unspecified atom stereocenters. The minimum absolute atomic E-state index is 0.235. The van der Waals surface area contributed by atoms with Gasteiger partial charge in [-0.25, -0.2) is 0 Å². The van der Waals surface area contributed by atoms with Crippen molar-refractivity contribution < 1.29 is 4.42 Å². The van der Waals surface area contributed by atoms with Crippen LogP contribution in [-0.2, 0) is 0 Å². The normalized spacial score (nSPS) is 13.1. The van der Waals surface area contributed by atoms with E-state index in [9.17, 15) is 0 Å². The highest BCUT2D eigenvalue weighted by Crippen LogP contribution is 2.35. The molecule has 0 bridgehead atoms. The van der Waals surface area contributed by atoms with Gasteiger partial charge in [-0.3, -0.25) is 0 Å². The molecule has 0 aliphatic heterocycles. The predicted molar refractivity (Wildman–Crippen MR) is 60.5 cm³/mol. The fourth-order valence-electron chi connectivity index (χ4n) is 1.19. The Morgan fingerprint density at radius 2 is 2.07 bits per heavy atom. The van der Waals surface area contributed by atoms with E-state index >= 15 is 0 Å². The first-order valence-corrected chi connectivity index (χ1v) is 5.75. The topological polar surface area (TPSA) is 13.1 Å². The minimum atomic E-state index is -0.235. The zero-order valence-electron chi connectivity index (χ0n) is 7.46. The van der Waals surface area contributed by atoms with Crippen LogP contribution in [-0.4, -0.2) is 0 Å². The Hall–Kier alpha value is -0.440. The molecule has 0 aromatic carbocycles. The van der Waals surface area contributed by atoms with Crippen molar-refractivity contribution in [1.29, 1.82) is 0 Å². The van der Waals surface area contributed by atoms with Crippen LogP contribution in [0.1, 0.15) is 21.8 Å². The lowest BCUT2D eigenvalue weighted by molar-refractivity contribution is 0.490. The third-order valence-corrected chi connectivity index (χ3v) is 3.73. The van der Waals surface area contributed by atoms with E-state index in [1.165, 1.54) is 11.3 Å². The number of furan rings is 1. The summed E-state index contributed by atoms with van der Waals surface area (Å²) in [7, 11) is 0. The SMILES string of the molecule is Cc1ccc(C(Cl)c2ccc(Cl)s2)o1. The Kier molecular flexibility index (Phi) is 2.86. The molecular weight excluding hydrogens is 239 g/mol.